The average molecular weight is 301 g/mol. The van der Waals surface area contributed by atoms with E-state index in [9.17, 15) is 4.79 Å². The maximum atomic E-state index is 12.5. The monoisotopic (exact) mass is 301 g/mol. The minimum absolute atomic E-state index is 0.178. The molecule has 0 radical (unpaired) electrons. The fraction of sp³-hybridized carbons (Fsp3) is 0.611. The molecule has 0 aromatic heterocycles. The van der Waals surface area contributed by atoms with Crippen LogP contribution in [0.3, 0.4) is 0 Å². The normalized spacial score (nSPS) is 21.4. The number of hydrogen-bond donors (Lipinski definition) is 1. The van der Waals surface area contributed by atoms with Gasteiger partial charge in [-0.05, 0) is 31.0 Å². The molecule has 2 saturated heterocycles. The lowest BCUT2D eigenvalue weighted by molar-refractivity contribution is -0.139. The Labute approximate surface area is 133 Å². The van der Waals surface area contributed by atoms with Crippen molar-refractivity contribution in [3.05, 3.63) is 35.9 Å². The zero-order valence-electron chi connectivity index (χ0n) is 13.5. The van der Waals surface area contributed by atoms with Crippen LogP contribution in [0.2, 0.25) is 0 Å². The molecule has 2 fully saturated rings. The van der Waals surface area contributed by atoms with Crippen LogP contribution in [0.4, 0.5) is 0 Å². The van der Waals surface area contributed by atoms with Crippen LogP contribution in [0.25, 0.3) is 0 Å². The van der Waals surface area contributed by atoms with Crippen LogP contribution < -0.4 is 5.32 Å². The van der Waals surface area contributed by atoms with E-state index in [1.165, 1.54) is 5.56 Å². The van der Waals surface area contributed by atoms with E-state index in [1.54, 1.807) is 0 Å². The van der Waals surface area contributed by atoms with Crippen molar-refractivity contribution in [1.82, 2.24) is 15.1 Å². The van der Waals surface area contributed by atoms with Gasteiger partial charge in [-0.3, -0.25) is 9.69 Å². The molecule has 2 heterocycles. The first-order valence-electron chi connectivity index (χ1n) is 8.50. The summed E-state index contributed by atoms with van der Waals surface area (Å²) in [5.41, 5.74) is 1.40. The molecule has 4 nitrogen and oxygen atoms in total. The molecule has 3 rings (SSSR count). The predicted octanol–water partition coefficient (Wildman–Crippen LogP) is 1.23. The van der Waals surface area contributed by atoms with E-state index in [-0.39, 0.29) is 5.92 Å². The average Bonchev–Trinajstić information content (AvgIpc) is 2.52. The largest absolute Gasteiger partial charge is 0.340 e. The highest BCUT2D eigenvalue weighted by atomic mass is 16.2. The Balaban J connectivity index is 1.41. The molecule has 2 aliphatic rings. The first-order valence-corrected chi connectivity index (χ1v) is 8.50. The third kappa shape index (κ3) is 3.68. The SMILES string of the molecule is CC(C(=O)N1CCN(CCc2ccccc2)CC1)C1CNC1. The lowest BCUT2D eigenvalue weighted by Crippen LogP contribution is -2.54. The summed E-state index contributed by atoms with van der Waals surface area (Å²) >= 11 is 0. The van der Waals surface area contributed by atoms with Crippen molar-refractivity contribution in [2.45, 2.75) is 13.3 Å². The molecule has 4 heteroatoms. The molecule has 1 N–H and O–H groups in total. The number of amides is 1. The Morgan fingerprint density at radius 2 is 1.86 bits per heavy atom. The first-order chi connectivity index (χ1) is 10.7. The van der Waals surface area contributed by atoms with Gasteiger partial charge in [-0.25, -0.2) is 0 Å². The second-order valence-corrected chi connectivity index (χ2v) is 6.61. The van der Waals surface area contributed by atoms with Gasteiger partial charge in [-0.2, -0.15) is 0 Å². The van der Waals surface area contributed by atoms with E-state index in [1.807, 2.05) is 0 Å². The summed E-state index contributed by atoms with van der Waals surface area (Å²) in [4.78, 5) is 17.0. The van der Waals surface area contributed by atoms with E-state index in [2.05, 4.69) is 52.4 Å². The summed E-state index contributed by atoms with van der Waals surface area (Å²) < 4.78 is 0. The van der Waals surface area contributed by atoms with Gasteiger partial charge in [-0.1, -0.05) is 37.3 Å². The van der Waals surface area contributed by atoms with E-state index < -0.39 is 0 Å². The molecule has 0 saturated carbocycles. The van der Waals surface area contributed by atoms with Crippen molar-refractivity contribution in [2.75, 3.05) is 45.8 Å². The Morgan fingerprint density at radius 1 is 1.18 bits per heavy atom. The van der Waals surface area contributed by atoms with Gasteiger partial charge in [0.1, 0.15) is 0 Å². The van der Waals surface area contributed by atoms with E-state index >= 15 is 0 Å². The Bertz CT molecular complexity index is 478. The maximum Gasteiger partial charge on any atom is 0.225 e. The third-order valence-corrected chi connectivity index (χ3v) is 5.15. The van der Waals surface area contributed by atoms with Crippen molar-refractivity contribution in [2.24, 2.45) is 11.8 Å². The van der Waals surface area contributed by atoms with Crippen LogP contribution >= 0.6 is 0 Å². The summed E-state index contributed by atoms with van der Waals surface area (Å²) in [5.74, 6) is 1.08. The molecule has 1 aromatic carbocycles. The predicted molar refractivity (Wildman–Crippen MR) is 88.7 cm³/mol. The lowest BCUT2D eigenvalue weighted by atomic mass is 9.88. The number of rotatable bonds is 5. The molecule has 120 valence electrons. The van der Waals surface area contributed by atoms with Gasteiger partial charge in [0.25, 0.3) is 0 Å². The summed E-state index contributed by atoms with van der Waals surface area (Å²) in [6.45, 7) is 8.98. The summed E-state index contributed by atoms with van der Waals surface area (Å²) in [5, 5.41) is 3.26. The fourth-order valence-corrected chi connectivity index (χ4v) is 3.28. The zero-order chi connectivity index (χ0) is 15.4. The second-order valence-electron chi connectivity index (χ2n) is 6.61. The number of benzene rings is 1. The second kappa shape index (κ2) is 7.25. The van der Waals surface area contributed by atoms with Gasteiger partial charge in [-0.15, -0.1) is 0 Å². The maximum absolute atomic E-state index is 12.5. The quantitative estimate of drug-likeness (QED) is 0.888. The minimum Gasteiger partial charge on any atom is -0.340 e. The van der Waals surface area contributed by atoms with Crippen molar-refractivity contribution in [1.29, 1.82) is 0 Å². The molecule has 0 spiro atoms. The van der Waals surface area contributed by atoms with Crippen molar-refractivity contribution < 1.29 is 4.79 Å². The van der Waals surface area contributed by atoms with Gasteiger partial charge in [0.2, 0.25) is 5.91 Å². The van der Waals surface area contributed by atoms with Crippen molar-refractivity contribution in [3.8, 4) is 0 Å². The smallest absolute Gasteiger partial charge is 0.225 e. The standard InChI is InChI=1S/C18H27N3O/c1-15(17-13-19-14-17)18(22)21-11-9-20(10-12-21)8-7-16-5-3-2-4-6-16/h2-6,15,17,19H,7-14H2,1H3. The molecular weight excluding hydrogens is 274 g/mol. The number of carbonyl (C=O) groups excluding carboxylic acids is 1. The first kappa shape index (κ1) is 15.5. The number of hydrogen-bond acceptors (Lipinski definition) is 3. The number of nitrogens with zero attached hydrogens (tertiary/aromatic N) is 2. The lowest BCUT2D eigenvalue weighted by Gasteiger charge is -2.39. The van der Waals surface area contributed by atoms with Crippen molar-refractivity contribution in [3.63, 3.8) is 0 Å². The summed E-state index contributed by atoms with van der Waals surface area (Å²) in [7, 11) is 0. The van der Waals surface area contributed by atoms with E-state index in [0.717, 1.165) is 52.2 Å². The molecule has 1 unspecified atom stereocenters. The van der Waals surface area contributed by atoms with Crippen LogP contribution in [0.15, 0.2) is 30.3 Å². The molecular formula is C18H27N3O. The zero-order valence-corrected chi connectivity index (χ0v) is 13.5. The van der Waals surface area contributed by atoms with E-state index in [0.29, 0.717) is 11.8 Å². The highest BCUT2D eigenvalue weighted by Crippen LogP contribution is 2.19. The van der Waals surface area contributed by atoms with Crippen LogP contribution in [-0.2, 0) is 11.2 Å². The Morgan fingerprint density at radius 3 is 2.45 bits per heavy atom. The summed E-state index contributed by atoms with van der Waals surface area (Å²) in [6, 6.07) is 10.6. The highest BCUT2D eigenvalue weighted by molar-refractivity contribution is 5.79. The Kier molecular flexibility index (Phi) is 5.11. The summed E-state index contributed by atoms with van der Waals surface area (Å²) in [6.07, 6.45) is 1.10. The van der Waals surface area contributed by atoms with Crippen molar-refractivity contribution >= 4 is 5.91 Å². The van der Waals surface area contributed by atoms with Gasteiger partial charge in [0.05, 0.1) is 0 Å². The fourth-order valence-electron chi connectivity index (χ4n) is 3.28. The number of nitrogens with one attached hydrogen (secondary N) is 1. The molecule has 1 atom stereocenters. The minimum atomic E-state index is 0.178. The molecule has 1 amide bonds. The van der Waals surface area contributed by atoms with Crippen LogP contribution in [0.1, 0.15) is 12.5 Å². The molecule has 22 heavy (non-hydrogen) atoms. The third-order valence-electron chi connectivity index (χ3n) is 5.15. The highest BCUT2D eigenvalue weighted by Gasteiger charge is 2.32. The number of piperazine rings is 1. The van der Waals surface area contributed by atoms with Gasteiger partial charge >= 0.3 is 0 Å². The van der Waals surface area contributed by atoms with Crippen LogP contribution in [0, 0.1) is 11.8 Å². The molecule has 0 aliphatic carbocycles. The number of carbonyl (C=O) groups is 1. The van der Waals surface area contributed by atoms with Crippen LogP contribution in [0.5, 0.6) is 0 Å². The van der Waals surface area contributed by atoms with Crippen LogP contribution in [-0.4, -0.2) is 61.5 Å². The molecule has 0 bridgehead atoms. The van der Waals surface area contributed by atoms with E-state index in [4.69, 9.17) is 0 Å². The molecule has 2 aliphatic heterocycles. The Hall–Kier alpha value is -1.39. The topological polar surface area (TPSA) is 35.6 Å². The van der Waals surface area contributed by atoms with Gasteiger partial charge < -0.3 is 10.2 Å². The molecule has 1 aromatic rings. The van der Waals surface area contributed by atoms with Gasteiger partial charge in [0, 0.05) is 38.6 Å². The van der Waals surface area contributed by atoms with Gasteiger partial charge in [0.15, 0.2) is 0 Å².